The van der Waals surface area contributed by atoms with Crippen LogP contribution in [0.4, 0.5) is 5.69 Å². The Bertz CT molecular complexity index is 924. The highest BCUT2D eigenvalue weighted by atomic mass is 32.2. The number of amides is 2. The Morgan fingerprint density at radius 3 is 2.52 bits per heavy atom. The van der Waals surface area contributed by atoms with Crippen molar-refractivity contribution >= 4 is 38.9 Å². The summed E-state index contributed by atoms with van der Waals surface area (Å²) in [5.41, 5.74) is 2.69. The Balaban J connectivity index is 1.96. The van der Waals surface area contributed by atoms with Gasteiger partial charge in [-0.2, -0.15) is 4.72 Å². The third-order valence-electron chi connectivity index (χ3n) is 4.10. The lowest BCUT2D eigenvalue weighted by Gasteiger charge is -2.21. The molecule has 7 nitrogen and oxygen atoms in total. The summed E-state index contributed by atoms with van der Waals surface area (Å²) in [7, 11) is -2.30. The normalized spacial score (nSPS) is 12.4. The summed E-state index contributed by atoms with van der Waals surface area (Å²) in [6.07, 6.45) is 0. The summed E-state index contributed by atoms with van der Waals surface area (Å²) in [5.74, 6) is -0.848. The van der Waals surface area contributed by atoms with Crippen molar-refractivity contribution in [3.63, 3.8) is 0 Å². The standard InChI is InChI=1S/C18H23N3O4S2/c1-12-7-5-8-15(13(12)2)19-16(22)11-21(4)18(23)14(3)20-27(24,25)17-9-6-10-26-17/h5-10,14,20H,11H2,1-4H3,(H,19,22). The van der Waals surface area contributed by atoms with E-state index in [-0.39, 0.29) is 16.7 Å². The fraction of sp³-hybridized carbons (Fsp3) is 0.333. The van der Waals surface area contributed by atoms with Crippen LogP contribution in [0.25, 0.3) is 0 Å². The molecule has 27 heavy (non-hydrogen) atoms. The molecule has 0 bridgehead atoms. The highest BCUT2D eigenvalue weighted by molar-refractivity contribution is 7.91. The second-order valence-electron chi connectivity index (χ2n) is 6.27. The minimum absolute atomic E-state index is 0.137. The Morgan fingerprint density at radius 1 is 1.19 bits per heavy atom. The van der Waals surface area contributed by atoms with Gasteiger partial charge in [-0.05, 0) is 49.4 Å². The molecule has 0 aliphatic carbocycles. The number of nitrogens with one attached hydrogen (secondary N) is 2. The van der Waals surface area contributed by atoms with Crippen molar-refractivity contribution in [3.05, 3.63) is 46.8 Å². The first-order chi connectivity index (χ1) is 12.6. The van der Waals surface area contributed by atoms with Gasteiger partial charge in [0.1, 0.15) is 4.21 Å². The van der Waals surface area contributed by atoms with E-state index < -0.39 is 22.0 Å². The monoisotopic (exact) mass is 409 g/mol. The van der Waals surface area contributed by atoms with Gasteiger partial charge in [-0.15, -0.1) is 11.3 Å². The van der Waals surface area contributed by atoms with E-state index in [0.717, 1.165) is 22.5 Å². The molecule has 146 valence electrons. The molecule has 1 atom stereocenters. The van der Waals surface area contributed by atoms with Gasteiger partial charge in [-0.25, -0.2) is 8.42 Å². The van der Waals surface area contributed by atoms with Gasteiger partial charge < -0.3 is 10.2 Å². The number of thiophene rings is 1. The molecule has 0 spiro atoms. The molecule has 1 heterocycles. The minimum atomic E-state index is -3.76. The van der Waals surface area contributed by atoms with E-state index in [9.17, 15) is 18.0 Å². The summed E-state index contributed by atoms with van der Waals surface area (Å²) >= 11 is 1.07. The molecule has 1 unspecified atom stereocenters. The maximum absolute atomic E-state index is 12.4. The van der Waals surface area contributed by atoms with Crippen LogP contribution in [0.5, 0.6) is 0 Å². The third kappa shape index (κ3) is 5.38. The molecule has 0 radical (unpaired) electrons. The second-order valence-corrected chi connectivity index (χ2v) is 9.15. The fourth-order valence-electron chi connectivity index (χ4n) is 2.46. The number of carbonyl (C=O) groups is 2. The molecule has 0 aliphatic heterocycles. The summed E-state index contributed by atoms with van der Waals surface area (Å²) in [5, 5.41) is 4.42. The van der Waals surface area contributed by atoms with E-state index in [1.54, 1.807) is 17.5 Å². The van der Waals surface area contributed by atoms with Crippen LogP contribution in [0.3, 0.4) is 0 Å². The smallest absolute Gasteiger partial charge is 0.250 e. The van der Waals surface area contributed by atoms with Gasteiger partial charge >= 0.3 is 0 Å². The van der Waals surface area contributed by atoms with Gasteiger partial charge in [-0.1, -0.05) is 18.2 Å². The zero-order valence-electron chi connectivity index (χ0n) is 15.6. The first kappa shape index (κ1) is 21.1. The molecule has 0 saturated carbocycles. The summed E-state index contributed by atoms with van der Waals surface area (Å²) in [4.78, 5) is 25.9. The first-order valence-electron chi connectivity index (χ1n) is 8.28. The Morgan fingerprint density at radius 2 is 1.89 bits per heavy atom. The lowest BCUT2D eigenvalue weighted by molar-refractivity contribution is -0.134. The number of likely N-dealkylation sites (N-methyl/N-ethyl adjacent to an activating group) is 1. The quantitative estimate of drug-likeness (QED) is 0.732. The first-order valence-corrected chi connectivity index (χ1v) is 10.6. The number of benzene rings is 1. The van der Waals surface area contributed by atoms with Crippen LogP contribution < -0.4 is 10.0 Å². The molecule has 0 aliphatic rings. The van der Waals surface area contributed by atoms with Crippen LogP contribution in [0.1, 0.15) is 18.1 Å². The van der Waals surface area contributed by atoms with Crippen molar-refractivity contribution in [2.24, 2.45) is 0 Å². The zero-order chi connectivity index (χ0) is 20.2. The number of anilines is 1. The maximum atomic E-state index is 12.4. The number of nitrogens with zero attached hydrogens (tertiary/aromatic N) is 1. The number of hydrogen-bond acceptors (Lipinski definition) is 5. The van der Waals surface area contributed by atoms with Crippen LogP contribution in [0.15, 0.2) is 39.9 Å². The lowest BCUT2D eigenvalue weighted by atomic mass is 10.1. The third-order valence-corrected chi connectivity index (χ3v) is 7.04. The lowest BCUT2D eigenvalue weighted by Crippen LogP contribution is -2.47. The van der Waals surface area contributed by atoms with Gasteiger partial charge in [0, 0.05) is 12.7 Å². The molecule has 2 N–H and O–H groups in total. The second kappa shape index (κ2) is 8.64. The number of carbonyl (C=O) groups excluding carboxylic acids is 2. The van der Waals surface area contributed by atoms with Crippen molar-refractivity contribution in [2.75, 3.05) is 18.9 Å². The predicted molar refractivity (Wildman–Crippen MR) is 106 cm³/mol. The molecule has 9 heteroatoms. The van der Waals surface area contributed by atoms with Gasteiger partial charge in [0.15, 0.2) is 0 Å². The molecule has 2 amide bonds. The van der Waals surface area contributed by atoms with Crippen LogP contribution in [0.2, 0.25) is 0 Å². The topological polar surface area (TPSA) is 95.6 Å². The van der Waals surface area contributed by atoms with Gasteiger partial charge in [0.05, 0.1) is 12.6 Å². The molecular formula is C18H23N3O4S2. The summed E-state index contributed by atoms with van der Waals surface area (Å²) < 4.78 is 26.9. The SMILES string of the molecule is Cc1cccc(NC(=O)CN(C)C(=O)C(C)NS(=O)(=O)c2cccs2)c1C. The van der Waals surface area contributed by atoms with Crippen molar-refractivity contribution in [2.45, 2.75) is 31.0 Å². The van der Waals surface area contributed by atoms with E-state index in [1.165, 1.54) is 24.9 Å². The van der Waals surface area contributed by atoms with E-state index in [1.807, 2.05) is 26.0 Å². The van der Waals surface area contributed by atoms with Gasteiger partial charge in [-0.3, -0.25) is 9.59 Å². The van der Waals surface area contributed by atoms with Gasteiger partial charge in [0.2, 0.25) is 11.8 Å². The summed E-state index contributed by atoms with van der Waals surface area (Å²) in [6, 6.07) is 7.67. The molecule has 1 aromatic heterocycles. The Labute approximate surface area is 163 Å². The largest absolute Gasteiger partial charge is 0.335 e. The van der Waals surface area contributed by atoms with Crippen LogP contribution in [0, 0.1) is 13.8 Å². The average Bonchev–Trinajstić information content (AvgIpc) is 3.13. The highest BCUT2D eigenvalue weighted by Crippen LogP contribution is 2.18. The van der Waals surface area contributed by atoms with Crippen LogP contribution in [-0.2, 0) is 19.6 Å². The van der Waals surface area contributed by atoms with Crippen molar-refractivity contribution in [3.8, 4) is 0 Å². The van der Waals surface area contributed by atoms with E-state index in [4.69, 9.17) is 0 Å². The van der Waals surface area contributed by atoms with E-state index in [2.05, 4.69) is 10.0 Å². The number of aryl methyl sites for hydroxylation is 1. The Kier molecular flexibility index (Phi) is 6.74. The van der Waals surface area contributed by atoms with Crippen molar-refractivity contribution in [1.29, 1.82) is 0 Å². The molecule has 0 fully saturated rings. The molecular weight excluding hydrogens is 386 g/mol. The highest BCUT2D eigenvalue weighted by Gasteiger charge is 2.25. The van der Waals surface area contributed by atoms with Crippen molar-refractivity contribution in [1.82, 2.24) is 9.62 Å². The molecule has 0 saturated heterocycles. The number of rotatable bonds is 7. The molecule has 2 aromatic rings. The number of sulfonamides is 1. The minimum Gasteiger partial charge on any atom is -0.335 e. The average molecular weight is 410 g/mol. The van der Waals surface area contributed by atoms with Gasteiger partial charge in [0.25, 0.3) is 10.0 Å². The van der Waals surface area contributed by atoms with Crippen LogP contribution in [-0.4, -0.2) is 44.8 Å². The van der Waals surface area contributed by atoms with Crippen LogP contribution >= 0.6 is 11.3 Å². The maximum Gasteiger partial charge on any atom is 0.250 e. The van der Waals surface area contributed by atoms with E-state index in [0.29, 0.717) is 5.69 Å². The van der Waals surface area contributed by atoms with E-state index >= 15 is 0 Å². The molecule has 1 aromatic carbocycles. The zero-order valence-corrected chi connectivity index (χ0v) is 17.3. The molecule has 2 rings (SSSR count). The predicted octanol–water partition coefficient (Wildman–Crippen LogP) is 2.13. The van der Waals surface area contributed by atoms with Crippen molar-refractivity contribution < 1.29 is 18.0 Å². The Hall–Kier alpha value is -2.23. The summed E-state index contributed by atoms with van der Waals surface area (Å²) in [6.45, 7) is 5.12. The number of hydrogen-bond donors (Lipinski definition) is 2. The fourth-order valence-corrected chi connectivity index (χ4v) is 4.66.